The van der Waals surface area contributed by atoms with Gasteiger partial charge in [-0.05, 0) is 50.1 Å². The Bertz CT molecular complexity index is 718. The lowest BCUT2D eigenvalue weighted by Gasteiger charge is -2.16. The number of aryl methyl sites for hydroxylation is 1. The molecule has 2 rings (SSSR count). The Kier molecular flexibility index (Phi) is 10.4. The SMILES string of the molecule is CCCCCCCNCc1cc(OCC)c(OCc2cccc(C)c2)cc1Br. The number of hydrogen-bond donors (Lipinski definition) is 1. The number of ether oxygens (including phenoxy) is 2. The minimum Gasteiger partial charge on any atom is -0.490 e. The van der Waals surface area contributed by atoms with Crippen LogP contribution in [0.2, 0.25) is 0 Å². The number of benzene rings is 2. The Balaban J connectivity index is 1.94. The molecule has 154 valence electrons. The third kappa shape index (κ3) is 7.84. The molecule has 0 amide bonds. The Hall–Kier alpha value is -1.52. The Morgan fingerprint density at radius 3 is 2.46 bits per heavy atom. The Morgan fingerprint density at radius 2 is 1.71 bits per heavy atom. The summed E-state index contributed by atoms with van der Waals surface area (Å²) in [7, 11) is 0. The van der Waals surface area contributed by atoms with Crippen molar-refractivity contribution in [2.45, 2.75) is 66.0 Å². The van der Waals surface area contributed by atoms with E-state index in [1.54, 1.807) is 0 Å². The van der Waals surface area contributed by atoms with Crippen molar-refractivity contribution in [1.82, 2.24) is 5.32 Å². The first-order valence-corrected chi connectivity index (χ1v) is 11.3. The Labute approximate surface area is 179 Å². The van der Waals surface area contributed by atoms with Gasteiger partial charge in [0.2, 0.25) is 0 Å². The molecule has 0 saturated heterocycles. The van der Waals surface area contributed by atoms with Crippen LogP contribution < -0.4 is 14.8 Å². The van der Waals surface area contributed by atoms with Crippen LogP contribution >= 0.6 is 15.9 Å². The third-order valence-electron chi connectivity index (χ3n) is 4.66. The first-order chi connectivity index (χ1) is 13.6. The van der Waals surface area contributed by atoms with Crippen LogP contribution in [0.3, 0.4) is 0 Å². The molecule has 0 heterocycles. The molecule has 1 N–H and O–H groups in total. The monoisotopic (exact) mass is 447 g/mol. The van der Waals surface area contributed by atoms with E-state index < -0.39 is 0 Å². The molecule has 0 atom stereocenters. The van der Waals surface area contributed by atoms with Crippen LogP contribution in [0.4, 0.5) is 0 Å². The predicted octanol–water partition coefficient (Wildman–Crippen LogP) is 6.80. The third-order valence-corrected chi connectivity index (χ3v) is 5.40. The van der Waals surface area contributed by atoms with E-state index in [9.17, 15) is 0 Å². The van der Waals surface area contributed by atoms with Crippen LogP contribution in [-0.2, 0) is 13.2 Å². The fraction of sp³-hybridized carbons (Fsp3) is 0.500. The molecule has 0 aliphatic carbocycles. The highest BCUT2D eigenvalue weighted by atomic mass is 79.9. The molecule has 0 aliphatic heterocycles. The van der Waals surface area contributed by atoms with Crippen molar-refractivity contribution in [1.29, 1.82) is 0 Å². The number of nitrogens with one attached hydrogen (secondary N) is 1. The van der Waals surface area contributed by atoms with Gasteiger partial charge in [0.1, 0.15) is 6.61 Å². The molecular formula is C24H34BrNO2. The maximum absolute atomic E-state index is 6.07. The molecule has 0 spiro atoms. The van der Waals surface area contributed by atoms with Crippen molar-refractivity contribution >= 4 is 15.9 Å². The Morgan fingerprint density at radius 1 is 0.929 bits per heavy atom. The van der Waals surface area contributed by atoms with E-state index in [1.165, 1.54) is 43.2 Å². The molecule has 2 aromatic carbocycles. The fourth-order valence-corrected chi connectivity index (χ4v) is 3.60. The number of unbranched alkanes of at least 4 members (excludes halogenated alkanes) is 4. The second-order valence-electron chi connectivity index (χ2n) is 7.19. The molecule has 2 aromatic rings. The minimum absolute atomic E-state index is 0.531. The van der Waals surface area contributed by atoms with Gasteiger partial charge in [0.05, 0.1) is 6.61 Å². The van der Waals surface area contributed by atoms with Crippen LogP contribution in [0.25, 0.3) is 0 Å². The van der Waals surface area contributed by atoms with Crippen LogP contribution in [0.15, 0.2) is 40.9 Å². The summed E-state index contributed by atoms with van der Waals surface area (Å²) in [5.41, 5.74) is 3.59. The molecule has 0 aromatic heterocycles. The smallest absolute Gasteiger partial charge is 0.162 e. The molecule has 0 fully saturated rings. The summed E-state index contributed by atoms with van der Waals surface area (Å²) >= 11 is 3.70. The number of rotatable bonds is 13. The molecule has 0 unspecified atom stereocenters. The lowest BCUT2D eigenvalue weighted by atomic mass is 10.1. The molecule has 0 saturated carbocycles. The molecule has 4 heteroatoms. The topological polar surface area (TPSA) is 30.5 Å². The van der Waals surface area contributed by atoms with Gasteiger partial charge in [-0.2, -0.15) is 0 Å². The van der Waals surface area contributed by atoms with Crippen LogP contribution in [0, 0.1) is 6.92 Å². The van der Waals surface area contributed by atoms with E-state index in [0.717, 1.165) is 34.6 Å². The molecule has 3 nitrogen and oxygen atoms in total. The van der Waals surface area contributed by atoms with Crippen molar-refractivity contribution in [2.24, 2.45) is 0 Å². The minimum atomic E-state index is 0.531. The van der Waals surface area contributed by atoms with E-state index in [0.29, 0.717) is 13.2 Å². The zero-order valence-corrected chi connectivity index (χ0v) is 19.1. The summed E-state index contributed by atoms with van der Waals surface area (Å²) in [6, 6.07) is 12.5. The van der Waals surface area contributed by atoms with E-state index in [4.69, 9.17) is 9.47 Å². The van der Waals surface area contributed by atoms with Gasteiger partial charge in [0.15, 0.2) is 11.5 Å². The van der Waals surface area contributed by atoms with Crippen molar-refractivity contribution in [3.63, 3.8) is 0 Å². The van der Waals surface area contributed by atoms with Gasteiger partial charge >= 0.3 is 0 Å². The van der Waals surface area contributed by atoms with E-state index in [2.05, 4.69) is 65.4 Å². The van der Waals surface area contributed by atoms with Crippen molar-refractivity contribution < 1.29 is 9.47 Å². The van der Waals surface area contributed by atoms with Gasteiger partial charge in [0.25, 0.3) is 0 Å². The van der Waals surface area contributed by atoms with Gasteiger partial charge < -0.3 is 14.8 Å². The second-order valence-corrected chi connectivity index (χ2v) is 8.05. The molecule has 0 bridgehead atoms. The van der Waals surface area contributed by atoms with Gasteiger partial charge in [-0.25, -0.2) is 0 Å². The van der Waals surface area contributed by atoms with Crippen LogP contribution in [-0.4, -0.2) is 13.2 Å². The van der Waals surface area contributed by atoms with Crippen LogP contribution in [0.1, 0.15) is 62.6 Å². The summed E-state index contributed by atoms with van der Waals surface area (Å²) < 4.78 is 13.0. The lowest BCUT2D eigenvalue weighted by Crippen LogP contribution is -2.15. The zero-order valence-electron chi connectivity index (χ0n) is 17.5. The lowest BCUT2D eigenvalue weighted by molar-refractivity contribution is 0.268. The predicted molar refractivity (Wildman–Crippen MR) is 121 cm³/mol. The van der Waals surface area contributed by atoms with Crippen molar-refractivity contribution in [3.8, 4) is 11.5 Å². The standard InChI is InChI=1S/C24H34BrNO2/c1-4-6-7-8-9-13-26-17-21-15-23(27-5-2)24(16-22(21)25)28-18-20-12-10-11-19(3)14-20/h10-12,14-16,26H,4-9,13,17-18H2,1-3H3. The van der Waals surface area contributed by atoms with Gasteiger partial charge in [-0.1, -0.05) is 78.4 Å². The van der Waals surface area contributed by atoms with E-state index in [1.807, 2.05) is 13.0 Å². The summed E-state index contributed by atoms with van der Waals surface area (Å²) in [4.78, 5) is 0. The highest BCUT2D eigenvalue weighted by Gasteiger charge is 2.11. The van der Waals surface area contributed by atoms with Crippen LogP contribution in [0.5, 0.6) is 11.5 Å². The van der Waals surface area contributed by atoms with Crippen molar-refractivity contribution in [3.05, 3.63) is 57.6 Å². The summed E-state index contributed by atoms with van der Waals surface area (Å²) in [6.07, 6.45) is 6.50. The maximum Gasteiger partial charge on any atom is 0.162 e. The normalized spacial score (nSPS) is 10.9. The quantitative estimate of drug-likeness (QED) is 0.342. The summed E-state index contributed by atoms with van der Waals surface area (Å²) in [6.45, 7) is 9.37. The first kappa shape index (κ1) is 22.8. The molecule has 28 heavy (non-hydrogen) atoms. The summed E-state index contributed by atoms with van der Waals surface area (Å²) in [5.74, 6) is 1.58. The van der Waals surface area contributed by atoms with Gasteiger partial charge in [-0.15, -0.1) is 0 Å². The second kappa shape index (κ2) is 12.8. The molecule has 0 radical (unpaired) electrons. The van der Waals surface area contributed by atoms with E-state index >= 15 is 0 Å². The molecular weight excluding hydrogens is 414 g/mol. The van der Waals surface area contributed by atoms with Gasteiger partial charge in [-0.3, -0.25) is 0 Å². The number of hydrogen-bond acceptors (Lipinski definition) is 3. The zero-order chi connectivity index (χ0) is 20.2. The molecule has 0 aliphatic rings. The van der Waals surface area contributed by atoms with Crippen molar-refractivity contribution in [2.75, 3.05) is 13.2 Å². The number of halogens is 1. The fourth-order valence-electron chi connectivity index (χ4n) is 3.13. The summed E-state index contributed by atoms with van der Waals surface area (Å²) in [5, 5.41) is 3.55. The maximum atomic E-state index is 6.07. The first-order valence-electron chi connectivity index (χ1n) is 10.5. The highest BCUT2D eigenvalue weighted by Crippen LogP contribution is 2.34. The van der Waals surface area contributed by atoms with E-state index in [-0.39, 0.29) is 0 Å². The average Bonchev–Trinajstić information content (AvgIpc) is 2.68. The van der Waals surface area contributed by atoms with Gasteiger partial charge in [0, 0.05) is 11.0 Å². The largest absolute Gasteiger partial charge is 0.490 e. The average molecular weight is 448 g/mol. The highest BCUT2D eigenvalue weighted by molar-refractivity contribution is 9.10.